The Kier molecular flexibility index (Phi) is 2.53. The molecule has 5 heteroatoms. The number of hydrogen-bond acceptors (Lipinski definition) is 4. The van der Waals surface area contributed by atoms with Crippen molar-refractivity contribution in [1.29, 1.82) is 0 Å². The summed E-state index contributed by atoms with van der Waals surface area (Å²) in [6.07, 6.45) is 0.907. The zero-order valence-electron chi connectivity index (χ0n) is 11.0. The monoisotopic (exact) mass is 288 g/mol. The molecule has 4 rings (SSSR count). The quantitative estimate of drug-likeness (QED) is 0.641. The van der Waals surface area contributed by atoms with E-state index < -0.39 is 0 Å². The maximum atomic E-state index is 6.29. The normalized spacial score (nSPS) is 22.9. The fourth-order valence-electron chi connectivity index (χ4n) is 2.67. The third-order valence-corrected chi connectivity index (χ3v) is 4.19. The molecule has 0 radical (unpaired) electrons. The van der Waals surface area contributed by atoms with E-state index in [2.05, 4.69) is 11.9 Å². The van der Waals surface area contributed by atoms with Crippen molar-refractivity contribution in [2.45, 2.75) is 18.8 Å². The Morgan fingerprint density at radius 1 is 1.25 bits per heavy atom. The maximum absolute atomic E-state index is 6.29. The molecule has 1 fully saturated rings. The number of nitrogens with zero attached hydrogens (tertiary/aromatic N) is 2. The van der Waals surface area contributed by atoms with Crippen LogP contribution in [0.3, 0.4) is 0 Å². The molecule has 1 aliphatic rings. The summed E-state index contributed by atoms with van der Waals surface area (Å²) in [6.45, 7) is 3.48. The van der Waals surface area contributed by atoms with Crippen molar-refractivity contribution < 1.29 is 9.15 Å². The number of hydrogen-bond donors (Lipinski definition) is 0. The molecule has 0 amide bonds. The molecule has 0 saturated carbocycles. The van der Waals surface area contributed by atoms with Crippen molar-refractivity contribution in [3.63, 3.8) is 0 Å². The third kappa shape index (κ3) is 1.65. The van der Waals surface area contributed by atoms with Crippen LogP contribution in [0.1, 0.15) is 19.2 Å². The molecule has 0 aliphatic carbocycles. The summed E-state index contributed by atoms with van der Waals surface area (Å²) < 4.78 is 11.2. The number of ether oxygens (including phenoxy) is 1. The lowest BCUT2D eigenvalue weighted by Gasteiger charge is -2.19. The van der Waals surface area contributed by atoms with E-state index in [-0.39, 0.29) is 5.41 Å². The fraction of sp³-hybridized carbons (Fsp3) is 0.333. The Bertz CT molecular complexity index is 806. The van der Waals surface area contributed by atoms with Gasteiger partial charge in [-0.05, 0) is 18.6 Å². The third-order valence-electron chi connectivity index (χ3n) is 3.94. The summed E-state index contributed by atoms with van der Waals surface area (Å²) in [5.74, 6) is 0.735. The van der Waals surface area contributed by atoms with Gasteiger partial charge in [-0.3, -0.25) is 0 Å². The lowest BCUT2D eigenvalue weighted by Crippen LogP contribution is -2.25. The molecule has 2 aromatic heterocycles. The number of halogens is 1. The molecule has 1 unspecified atom stereocenters. The van der Waals surface area contributed by atoms with E-state index in [1.165, 1.54) is 0 Å². The van der Waals surface area contributed by atoms with E-state index in [1.54, 1.807) is 0 Å². The fourth-order valence-corrected chi connectivity index (χ4v) is 2.88. The van der Waals surface area contributed by atoms with Gasteiger partial charge < -0.3 is 9.15 Å². The second-order valence-corrected chi connectivity index (χ2v) is 5.84. The highest BCUT2D eigenvalue weighted by Crippen LogP contribution is 2.36. The molecule has 1 aliphatic heterocycles. The van der Waals surface area contributed by atoms with Crippen molar-refractivity contribution in [2.24, 2.45) is 0 Å². The molecule has 1 saturated heterocycles. The topological polar surface area (TPSA) is 48.2 Å². The zero-order valence-corrected chi connectivity index (χ0v) is 11.8. The van der Waals surface area contributed by atoms with Crippen LogP contribution in [0, 0.1) is 0 Å². The van der Waals surface area contributed by atoms with Crippen molar-refractivity contribution in [3.8, 4) is 0 Å². The standard InChI is InChI=1S/C15H13ClN2O2/c1-15(6-7-19-8-15)14-17-11-9-4-2-3-5-10(9)20-12(11)13(16)18-14/h2-5H,6-8H2,1H3. The molecular weight excluding hydrogens is 276 g/mol. The molecule has 102 valence electrons. The Hall–Kier alpha value is -1.65. The van der Waals surface area contributed by atoms with Gasteiger partial charge in [-0.25, -0.2) is 9.97 Å². The van der Waals surface area contributed by atoms with Crippen LogP contribution in [-0.2, 0) is 10.2 Å². The average Bonchev–Trinajstić information content (AvgIpc) is 3.04. The zero-order chi connectivity index (χ0) is 13.7. The van der Waals surface area contributed by atoms with Gasteiger partial charge in [-0.1, -0.05) is 30.7 Å². The van der Waals surface area contributed by atoms with Gasteiger partial charge in [0, 0.05) is 12.0 Å². The molecule has 4 nitrogen and oxygen atoms in total. The van der Waals surface area contributed by atoms with E-state index in [9.17, 15) is 0 Å². The predicted octanol–water partition coefficient (Wildman–Crippen LogP) is 3.71. The first-order valence-electron chi connectivity index (χ1n) is 6.60. The van der Waals surface area contributed by atoms with Gasteiger partial charge in [0.1, 0.15) is 16.9 Å². The number of para-hydroxylation sites is 1. The van der Waals surface area contributed by atoms with Crippen LogP contribution in [0.4, 0.5) is 0 Å². The van der Waals surface area contributed by atoms with Crippen LogP contribution in [0.25, 0.3) is 22.1 Å². The van der Waals surface area contributed by atoms with E-state index in [0.29, 0.717) is 17.3 Å². The number of fused-ring (bicyclic) bond motifs is 3. The van der Waals surface area contributed by atoms with E-state index in [0.717, 1.165) is 35.3 Å². The van der Waals surface area contributed by atoms with Crippen LogP contribution in [0.15, 0.2) is 28.7 Å². The number of rotatable bonds is 1. The minimum absolute atomic E-state index is 0.170. The summed E-state index contributed by atoms with van der Waals surface area (Å²) in [7, 11) is 0. The summed E-state index contributed by atoms with van der Waals surface area (Å²) in [6, 6.07) is 7.79. The Labute approximate surface area is 120 Å². The van der Waals surface area contributed by atoms with Crippen molar-refractivity contribution in [3.05, 3.63) is 35.2 Å². The first-order valence-corrected chi connectivity index (χ1v) is 6.98. The summed E-state index contributed by atoms with van der Waals surface area (Å²) in [5, 5.41) is 1.34. The van der Waals surface area contributed by atoms with Crippen LogP contribution in [-0.4, -0.2) is 23.2 Å². The van der Waals surface area contributed by atoms with Crippen LogP contribution in [0.2, 0.25) is 5.15 Å². The number of benzene rings is 1. The predicted molar refractivity (Wildman–Crippen MR) is 77.1 cm³/mol. The lowest BCUT2D eigenvalue weighted by atomic mass is 9.89. The van der Waals surface area contributed by atoms with Gasteiger partial charge in [-0.15, -0.1) is 0 Å². The molecule has 20 heavy (non-hydrogen) atoms. The van der Waals surface area contributed by atoms with Crippen molar-refractivity contribution >= 4 is 33.7 Å². The Morgan fingerprint density at radius 2 is 2.10 bits per heavy atom. The first-order chi connectivity index (χ1) is 9.67. The smallest absolute Gasteiger partial charge is 0.191 e. The van der Waals surface area contributed by atoms with Gasteiger partial charge in [0.15, 0.2) is 10.7 Å². The number of furan rings is 1. The molecular formula is C15H13ClN2O2. The highest BCUT2D eigenvalue weighted by atomic mass is 35.5. The largest absolute Gasteiger partial charge is 0.451 e. The van der Waals surface area contributed by atoms with E-state index in [4.69, 9.17) is 25.7 Å². The van der Waals surface area contributed by atoms with Crippen molar-refractivity contribution in [1.82, 2.24) is 9.97 Å². The molecule has 3 aromatic rings. The van der Waals surface area contributed by atoms with Crippen LogP contribution >= 0.6 is 11.6 Å². The van der Waals surface area contributed by atoms with Crippen LogP contribution in [0.5, 0.6) is 0 Å². The van der Waals surface area contributed by atoms with E-state index in [1.807, 2.05) is 24.3 Å². The van der Waals surface area contributed by atoms with Gasteiger partial charge in [0.2, 0.25) is 0 Å². The second-order valence-electron chi connectivity index (χ2n) is 5.48. The molecule has 1 aromatic carbocycles. The van der Waals surface area contributed by atoms with Crippen LogP contribution < -0.4 is 0 Å². The molecule has 1 atom stereocenters. The summed E-state index contributed by atoms with van der Waals surface area (Å²) in [4.78, 5) is 9.14. The molecule has 3 heterocycles. The molecule has 0 spiro atoms. The average molecular weight is 289 g/mol. The summed E-state index contributed by atoms with van der Waals surface area (Å²) >= 11 is 6.29. The first kappa shape index (κ1) is 12.1. The van der Waals surface area contributed by atoms with Gasteiger partial charge in [0.05, 0.1) is 12.0 Å². The SMILES string of the molecule is CC1(c2nc(Cl)c3oc4ccccc4c3n2)CCOC1. The van der Waals surface area contributed by atoms with Crippen molar-refractivity contribution in [2.75, 3.05) is 13.2 Å². The minimum atomic E-state index is -0.170. The van der Waals surface area contributed by atoms with Gasteiger partial charge >= 0.3 is 0 Å². The second kappa shape index (κ2) is 4.17. The summed E-state index contributed by atoms with van der Waals surface area (Å²) in [5.41, 5.74) is 1.95. The maximum Gasteiger partial charge on any atom is 0.191 e. The van der Waals surface area contributed by atoms with E-state index >= 15 is 0 Å². The molecule has 0 bridgehead atoms. The molecule has 0 N–H and O–H groups in total. The Morgan fingerprint density at radius 3 is 2.90 bits per heavy atom. The minimum Gasteiger partial charge on any atom is -0.451 e. The number of aromatic nitrogens is 2. The van der Waals surface area contributed by atoms with Gasteiger partial charge in [0.25, 0.3) is 0 Å². The lowest BCUT2D eigenvalue weighted by molar-refractivity contribution is 0.179. The highest BCUT2D eigenvalue weighted by Gasteiger charge is 2.35. The highest BCUT2D eigenvalue weighted by molar-refractivity contribution is 6.34. The Balaban J connectivity index is 2.03. The van der Waals surface area contributed by atoms with Gasteiger partial charge in [-0.2, -0.15) is 0 Å².